The first-order chi connectivity index (χ1) is 16.7. The minimum absolute atomic E-state index is 0.00484. The van der Waals surface area contributed by atoms with E-state index in [-0.39, 0.29) is 40.9 Å². The highest BCUT2D eigenvalue weighted by molar-refractivity contribution is 6.40. The van der Waals surface area contributed by atoms with Gasteiger partial charge in [0.2, 0.25) is 0 Å². The van der Waals surface area contributed by atoms with E-state index in [1.165, 1.54) is 12.1 Å². The third-order valence-corrected chi connectivity index (χ3v) is 6.41. The van der Waals surface area contributed by atoms with Crippen molar-refractivity contribution in [3.05, 3.63) is 91.9 Å². The van der Waals surface area contributed by atoms with E-state index in [1.54, 1.807) is 48.5 Å². The van der Waals surface area contributed by atoms with Crippen LogP contribution in [0.4, 0.5) is 0 Å². The molecule has 0 aliphatic rings. The fraction of sp³-hybridized carbons (Fsp3) is 0.160. The van der Waals surface area contributed by atoms with Crippen LogP contribution in [0.2, 0.25) is 20.1 Å². The SMILES string of the molecule is O=C(NCCCC(NC(=O)c1c(Cl)cccc1Cl)C(=O)O)c1ccccc1-c1c(Cl)cccc1Cl. The number of amides is 2. The van der Waals surface area contributed by atoms with Crippen LogP contribution in [-0.4, -0.2) is 35.5 Å². The predicted octanol–water partition coefficient (Wildman–Crippen LogP) is 6.36. The van der Waals surface area contributed by atoms with Crippen LogP contribution in [0.1, 0.15) is 33.6 Å². The van der Waals surface area contributed by atoms with Crippen molar-refractivity contribution in [3.8, 4) is 11.1 Å². The number of carboxylic acid groups (broad SMARTS) is 1. The van der Waals surface area contributed by atoms with Crippen molar-refractivity contribution >= 4 is 64.2 Å². The molecule has 0 bridgehead atoms. The molecule has 0 saturated heterocycles. The predicted molar refractivity (Wildman–Crippen MR) is 139 cm³/mol. The number of hydrogen-bond donors (Lipinski definition) is 3. The Morgan fingerprint density at radius 2 is 1.34 bits per heavy atom. The number of nitrogens with one attached hydrogen (secondary N) is 2. The molecular weight excluding hydrogens is 534 g/mol. The Bertz CT molecular complexity index is 1230. The zero-order valence-electron chi connectivity index (χ0n) is 18.2. The Kier molecular flexibility index (Phi) is 9.40. The first-order valence-electron chi connectivity index (χ1n) is 10.5. The van der Waals surface area contributed by atoms with Gasteiger partial charge in [0.1, 0.15) is 6.04 Å². The van der Waals surface area contributed by atoms with Gasteiger partial charge in [0.25, 0.3) is 11.8 Å². The standard InChI is InChI=1S/C25H20Cl4N2O4/c26-16-8-3-9-17(27)21(16)14-6-1-2-7-15(14)23(32)30-13-5-12-20(25(34)35)31-24(33)22-18(28)10-4-11-19(22)29/h1-4,6-11,20H,5,12-13H2,(H,30,32)(H,31,33)(H,34,35). The molecule has 182 valence electrons. The topological polar surface area (TPSA) is 95.5 Å². The molecule has 1 atom stereocenters. The van der Waals surface area contributed by atoms with E-state index in [4.69, 9.17) is 46.4 Å². The van der Waals surface area contributed by atoms with E-state index in [9.17, 15) is 19.5 Å². The second kappa shape index (κ2) is 12.3. The maximum atomic E-state index is 12.9. The first kappa shape index (κ1) is 26.8. The van der Waals surface area contributed by atoms with E-state index < -0.39 is 17.9 Å². The van der Waals surface area contributed by atoms with E-state index in [1.807, 2.05) is 0 Å². The lowest BCUT2D eigenvalue weighted by molar-refractivity contribution is -0.139. The molecule has 0 aliphatic carbocycles. The summed E-state index contributed by atoms with van der Waals surface area (Å²) in [6, 6.07) is 15.3. The summed E-state index contributed by atoms with van der Waals surface area (Å²) in [7, 11) is 0. The number of benzene rings is 3. The number of rotatable bonds is 9. The third kappa shape index (κ3) is 6.67. The van der Waals surface area contributed by atoms with Crippen molar-refractivity contribution in [1.29, 1.82) is 0 Å². The molecule has 3 aromatic carbocycles. The van der Waals surface area contributed by atoms with Gasteiger partial charge in [0, 0.05) is 27.7 Å². The maximum absolute atomic E-state index is 12.9. The average molecular weight is 554 g/mol. The fourth-order valence-electron chi connectivity index (χ4n) is 3.46. The molecular formula is C25H20Cl4N2O4. The largest absolute Gasteiger partial charge is 0.480 e. The van der Waals surface area contributed by atoms with Crippen molar-refractivity contribution in [1.82, 2.24) is 10.6 Å². The molecule has 0 aliphatic heterocycles. The first-order valence-corrected chi connectivity index (χ1v) is 12.0. The zero-order chi connectivity index (χ0) is 25.5. The van der Waals surface area contributed by atoms with Gasteiger partial charge in [0.15, 0.2) is 0 Å². The minimum atomic E-state index is -1.22. The smallest absolute Gasteiger partial charge is 0.326 e. The Labute approximate surface area is 222 Å². The number of hydrogen-bond acceptors (Lipinski definition) is 3. The molecule has 35 heavy (non-hydrogen) atoms. The lowest BCUT2D eigenvalue weighted by Gasteiger charge is -2.16. The van der Waals surface area contributed by atoms with Crippen LogP contribution in [-0.2, 0) is 4.79 Å². The number of carbonyl (C=O) groups is 3. The van der Waals surface area contributed by atoms with Gasteiger partial charge < -0.3 is 15.7 Å². The number of halogens is 4. The van der Waals surface area contributed by atoms with Crippen LogP contribution >= 0.6 is 46.4 Å². The molecule has 0 spiro atoms. The Morgan fingerprint density at radius 1 is 0.771 bits per heavy atom. The number of aliphatic carboxylic acids is 1. The zero-order valence-corrected chi connectivity index (χ0v) is 21.2. The summed E-state index contributed by atoms with van der Waals surface area (Å²) in [6.07, 6.45) is 0.357. The third-order valence-electron chi connectivity index (χ3n) is 5.15. The normalized spacial score (nSPS) is 11.5. The molecule has 0 radical (unpaired) electrons. The lowest BCUT2D eigenvalue weighted by atomic mass is 9.99. The Balaban J connectivity index is 1.63. The molecule has 2 amide bonds. The van der Waals surface area contributed by atoms with Gasteiger partial charge in [-0.3, -0.25) is 9.59 Å². The molecule has 10 heteroatoms. The molecule has 6 nitrogen and oxygen atoms in total. The van der Waals surface area contributed by atoms with Crippen LogP contribution < -0.4 is 10.6 Å². The molecule has 0 fully saturated rings. The molecule has 1 unspecified atom stereocenters. The highest BCUT2D eigenvalue weighted by Crippen LogP contribution is 2.36. The summed E-state index contributed by atoms with van der Waals surface area (Å²) in [6.45, 7) is 0.177. The average Bonchev–Trinajstić information content (AvgIpc) is 2.81. The van der Waals surface area contributed by atoms with Gasteiger partial charge in [-0.2, -0.15) is 0 Å². The monoisotopic (exact) mass is 552 g/mol. The molecule has 0 saturated carbocycles. The van der Waals surface area contributed by atoms with Crippen LogP contribution in [0.3, 0.4) is 0 Å². The van der Waals surface area contributed by atoms with Crippen LogP contribution in [0.25, 0.3) is 11.1 Å². The summed E-state index contributed by atoms with van der Waals surface area (Å²) in [5.41, 5.74) is 1.51. The fourth-order valence-corrected chi connectivity index (χ4v) is 4.63. The molecule has 3 N–H and O–H groups in total. The highest BCUT2D eigenvalue weighted by atomic mass is 35.5. The van der Waals surface area contributed by atoms with Crippen LogP contribution in [0.15, 0.2) is 60.7 Å². The molecule has 0 heterocycles. The minimum Gasteiger partial charge on any atom is -0.480 e. The summed E-state index contributed by atoms with van der Waals surface area (Å²) >= 11 is 24.7. The van der Waals surface area contributed by atoms with Crippen molar-refractivity contribution in [3.63, 3.8) is 0 Å². The summed E-state index contributed by atoms with van der Waals surface area (Å²) < 4.78 is 0. The Hall–Kier alpha value is -2.77. The summed E-state index contributed by atoms with van der Waals surface area (Å²) in [5, 5.41) is 15.8. The van der Waals surface area contributed by atoms with Crippen molar-refractivity contribution < 1.29 is 19.5 Å². The van der Waals surface area contributed by atoms with Gasteiger partial charge in [0.05, 0.1) is 15.6 Å². The number of carbonyl (C=O) groups excluding carboxylic acids is 2. The highest BCUT2D eigenvalue weighted by Gasteiger charge is 2.23. The number of carboxylic acids is 1. The van der Waals surface area contributed by atoms with Gasteiger partial charge in [-0.15, -0.1) is 0 Å². The quantitative estimate of drug-likeness (QED) is 0.269. The Morgan fingerprint density at radius 3 is 1.94 bits per heavy atom. The lowest BCUT2D eigenvalue weighted by Crippen LogP contribution is -2.41. The van der Waals surface area contributed by atoms with E-state index in [0.717, 1.165) is 0 Å². The van der Waals surface area contributed by atoms with Gasteiger partial charge in [-0.1, -0.05) is 76.7 Å². The molecule has 0 aromatic heterocycles. The second-order valence-electron chi connectivity index (χ2n) is 7.50. The van der Waals surface area contributed by atoms with Crippen LogP contribution in [0, 0.1) is 0 Å². The van der Waals surface area contributed by atoms with Crippen molar-refractivity contribution in [2.75, 3.05) is 6.54 Å². The summed E-state index contributed by atoms with van der Waals surface area (Å²) in [4.78, 5) is 37.0. The molecule has 3 rings (SSSR count). The molecule has 3 aromatic rings. The van der Waals surface area contributed by atoms with Crippen molar-refractivity contribution in [2.24, 2.45) is 0 Å². The van der Waals surface area contributed by atoms with E-state index in [2.05, 4.69) is 10.6 Å². The van der Waals surface area contributed by atoms with Gasteiger partial charge >= 0.3 is 5.97 Å². The maximum Gasteiger partial charge on any atom is 0.326 e. The van der Waals surface area contributed by atoms with Crippen LogP contribution in [0.5, 0.6) is 0 Å². The van der Waals surface area contributed by atoms with Gasteiger partial charge in [-0.05, 0) is 48.7 Å². The second-order valence-corrected chi connectivity index (χ2v) is 9.13. The van der Waals surface area contributed by atoms with Gasteiger partial charge in [-0.25, -0.2) is 4.79 Å². The van der Waals surface area contributed by atoms with Crippen molar-refractivity contribution in [2.45, 2.75) is 18.9 Å². The van der Waals surface area contributed by atoms with E-state index in [0.29, 0.717) is 26.7 Å². The summed E-state index contributed by atoms with van der Waals surface area (Å²) in [5.74, 6) is -2.27. The van der Waals surface area contributed by atoms with E-state index >= 15 is 0 Å².